The van der Waals surface area contributed by atoms with Crippen molar-refractivity contribution in [2.75, 3.05) is 13.7 Å². The van der Waals surface area contributed by atoms with Gasteiger partial charge in [0.2, 0.25) is 4.77 Å². The molecule has 25 heavy (non-hydrogen) atoms. The summed E-state index contributed by atoms with van der Waals surface area (Å²) in [6.07, 6.45) is 5.20. The molecule has 1 aromatic heterocycles. The van der Waals surface area contributed by atoms with Crippen molar-refractivity contribution >= 4 is 12.2 Å². The first kappa shape index (κ1) is 18.1. The second-order valence-corrected chi connectivity index (χ2v) is 7.11. The van der Waals surface area contributed by atoms with Gasteiger partial charge in [-0.05, 0) is 69.1 Å². The summed E-state index contributed by atoms with van der Waals surface area (Å²) in [5.74, 6) is 1.80. The van der Waals surface area contributed by atoms with Crippen LogP contribution < -0.4 is 9.64 Å². The van der Waals surface area contributed by atoms with E-state index in [0.717, 1.165) is 41.2 Å². The number of piperidine rings is 1. The van der Waals surface area contributed by atoms with Crippen molar-refractivity contribution in [2.45, 2.75) is 58.8 Å². The Labute approximate surface area is 155 Å². The summed E-state index contributed by atoms with van der Waals surface area (Å²) in [7, 11) is 1.68. The number of rotatable bonds is 6. The second kappa shape index (κ2) is 8.15. The molecule has 0 spiro atoms. The van der Waals surface area contributed by atoms with Crippen molar-refractivity contribution in [1.29, 1.82) is 0 Å². The molecule has 0 amide bonds. The van der Waals surface area contributed by atoms with E-state index in [9.17, 15) is 0 Å². The van der Waals surface area contributed by atoms with Crippen molar-refractivity contribution < 1.29 is 9.64 Å². The zero-order valence-corrected chi connectivity index (χ0v) is 16.3. The fraction of sp³-hybridized carbons (Fsp3) is 0.579. The van der Waals surface area contributed by atoms with Crippen molar-refractivity contribution in [1.82, 2.24) is 14.3 Å². The van der Waals surface area contributed by atoms with Gasteiger partial charge < -0.3 is 14.2 Å². The minimum atomic E-state index is 0.729. The third-order valence-electron chi connectivity index (χ3n) is 5.31. The summed E-state index contributed by atoms with van der Waals surface area (Å²) in [6, 6.07) is 8.78. The third kappa shape index (κ3) is 3.80. The molecule has 1 fully saturated rings. The van der Waals surface area contributed by atoms with Crippen LogP contribution in [0.3, 0.4) is 0 Å². The zero-order valence-electron chi connectivity index (χ0n) is 15.5. The molecule has 136 valence electrons. The van der Waals surface area contributed by atoms with Gasteiger partial charge in [0, 0.05) is 12.1 Å². The topological polar surface area (TPSA) is 36.4 Å². The van der Waals surface area contributed by atoms with Gasteiger partial charge in [0.15, 0.2) is 12.5 Å². The minimum Gasteiger partial charge on any atom is -0.497 e. The van der Waals surface area contributed by atoms with Crippen LogP contribution in [0.4, 0.5) is 0 Å². The van der Waals surface area contributed by atoms with E-state index in [1.807, 2.05) is 16.8 Å². The number of nitrogens with zero attached hydrogens (tertiary/aromatic N) is 3. The van der Waals surface area contributed by atoms with Crippen molar-refractivity contribution in [3.63, 3.8) is 0 Å². The molecule has 1 aromatic carbocycles. The van der Waals surface area contributed by atoms with Gasteiger partial charge in [-0.2, -0.15) is 4.68 Å². The highest BCUT2D eigenvalue weighted by Gasteiger charge is 2.26. The van der Waals surface area contributed by atoms with E-state index in [-0.39, 0.29) is 0 Å². The molecule has 2 heterocycles. The molecule has 1 aliphatic rings. The summed E-state index contributed by atoms with van der Waals surface area (Å²) in [5, 5.41) is 4.88. The van der Waals surface area contributed by atoms with Crippen LogP contribution in [-0.4, -0.2) is 34.0 Å². The van der Waals surface area contributed by atoms with E-state index in [4.69, 9.17) is 22.1 Å². The van der Waals surface area contributed by atoms with Crippen LogP contribution in [-0.2, 0) is 13.2 Å². The number of hydrogen-bond donors (Lipinski definition) is 1. The Morgan fingerprint density at radius 1 is 1.24 bits per heavy atom. The lowest BCUT2D eigenvalue weighted by atomic mass is 10.0. The molecule has 1 aliphatic heterocycles. The molecule has 3 rings (SSSR count). The average molecular weight is 362 g/mol. The molecule has 0 bridgehead atoms. The quantitative estimate of drug-likeness (QED) is 0.804. The van der Waals surface area contributed by atoms with Crippen LogP contribution in [0.2, 0.25) is 0 Å². The highest BCUT2D eigenvalue weighted by atomic mass is 32.1. The maximum atomic E-state index is 5.73. The highest BCUT2D eigenvalue weighted by Crippen LogP contribution is 2.21. The summed E-state index contributed by atoms with van der Waals surface area (Å²) in [4.78, 5) is 1.62. The maximum absolute atomic E-state index is 5.73. The van der Waals surface area contributed by atoms with Gasteiger partial charge in [-0.3, -0.25) is 0 Å². The number of hydrogen-bond acceptors (Lipinski definition) is 3. The van der Waals surface area contributed by atoms with Gasteiger partial charge in [0.1, 0.15) is 5.75 Å². The van der Waals surface area contributed by atoms with Gasteiger partial charge in [-0.25, -0.2) is 0 Å². The fourth-order valence-electron chi connectivity index (χ4n) is 3.83. The largest absolute Gasteiger partial charge is 0.497 e. The van der Waals surface area contributed by atoms with Crippen LogP contribution in [0, 0.1) is 4.77 Å². The Kier molecular flexibility index (Phi) is 5.91. The molecule has 0 saturated carbocycles. The number of quaternary nitrogens is 1. The lowest BCUT2D eigenvalue weighted by molar-refractivity contribution is -0.953. The molecule has 2 atom stereocenters. The minimum absolute atomic E-state index is 0.729. The molecule has 6 heteroatoms. The van der Waals surface area contributed by atoms with Crippen molar-refractivity contribution in [3.8, 4) is 17.1 Å². The molecular weight excluding hydrogens is 332 g/mol. The fourth-order valence-corrected chi connectivity index (χ4v) is 4.15. The number of benzene rings is 1. The van der Waals surface area contributed by atoms with Crippen LogP contribution >= 0.6 is 12.2 Å². The number of likely N-dealkylation sites (tertiary alicyclic amines) is 1. The van der Waals surface area contributed by atoms with Crippen LogP contribution in [0.15, 0.2) is 24.3 Å². The van der Waals surface area contributed by atoms with E-state index in [2.05, 4.69) is 30.5 Å². The smallest absolute Gasteiger partial charge is 0.203 e. The Morgan fingerprint density at radius 2 is 2.00 bits per heavy atom. The summed E-state index contributed by atoms with van der Waals surface area (Å²) < 4.78 is 10.2. The first-order valence-electron chi connectivity index (χ1n) is 9.34. The van der Waals surface area contributed by atoms with Gasteiger partial charge in [-0.1, -0.05) is 6.92 Å². The summed E-state index contributed by atoms with van der Waals surface area (Å²) in [6.45, 7) is 7.33. The van der Waals surface area contributed by atoms with Crippen molar-refractivity contribution in [2.24, 2.45) is 0 Å². The molecule has 0 radical (unpaired) electrons. The Hall–Kier alpha value is -1.66. The van der Waals surface area contributed by atoms with Gasteiger partial charge >= 0.3 is 0 Å². The van der Waals surface area contributed by atoms with Gasteiger partial charge in [0.25, 0.3) is 0 Å². The summed E-state index contributed by atoms with van der Waals surface area (Å²) in [5.41, 5.74) is 1.08. The van der Waals surface area contributed by atoms with Crippen molar-refractivity contribution in [3.05, 3.63) is 29.0 Å². The first-order valence-corrected chi connectivity index (χ1v) is 9.75. The number of methoxy groups -OCH3 is 1. The number of ether oxygens (including phenoxy) is 1. The van der Waals surface area contributed by atoms with E-state index >= 15 is 0 Å². The lowest BCUT2D eigenvalue weighted by Gasteiger charge is -2.31. The average Bonchev–Trinajstić information content (AvgIpc) is 2.98. The predicted molar refractivity (Wildman–Crippen MR) is 102 cm³/mol. The van der Waals surface area contributed by atoms with E-state index in [1.54, 1.807) is 12.0 Å². The molecule has 2 aromatic rings. The van der Waals surface area contributed by atoms with E-state index in [1.165, 1.54) is 32.2 Å². The number of nitrogens with one attached hydrogen (secondary N) is 1. The van der Waals surface area contributed by atoms with Gasteiger partial charge in [0.05, 0.1) is 19.7 Å². The Bertz CT molecular complexity index is 750. The first-order chi connectivity index (χ1) is 12.2. The SMILES string of the molecule is CC[C@@H]1CCCC[NH+]1Cn1nc(-c2ccc(OC)cc2)n(CC)c1=S. The van der Waals surface area contributed by atoms with E-state index in [0.29, 0.717) is 0 Å². The standard InChI is InChI=1S/C19H28N4OS/c1-4-16-8-6-7-13-21(16)14-23-19(25)22(5-2)18(20-23)15-9-11-17(24-3)12-10-15/h9-12,16H,4-8,13-14H2,1-3H3/p+1/t16-/m1/s1. The molecule has 0 aliphatic carbocycles. The van der Waals surface area contributed by atoms with Crippen LogP contribution in [0.25, 0.3) is 11.4 Å². The zero-order chi connectivity index (χ0) is 17.8. The third-order valence-corrected chi connectivity index (χ3v) is 5.74. The molecular formula is C19H29N4OS+. The molecule has 1 unspecified atom stereocenters. The number of aromatic nitrogens is 3. The van der Waals surface area contributed by atoms with Crippen LogP contribution in [0.5, 0.6) is 5.75 Å². The molecule has 1 N–H and O–H groups in total. The normalized spacial score (nSPS) is 20.6. The van der Waals surface area contributed by atoms with Crippen LogP contribution in [0.1, 0.15) is 39.5 Å². The highest BCUT2D eigenvalue weighted by molar-refractivity contribution is 7.71. The Morgan fingerprint density at radius 3 is 2.64 bits per heavy atom. The molecule has 1 saturated heterocycles. The monoisotopic (exact) mass is 361 g/mol. The predicted octanol–water partition coefficient (Wildman–Crippen LogP) is 2.91. The molecule has 5 nitrogen and oxygen atoms in total. The summed E-state index contributed by atoms with van der Waals surface area (Å²) >= 11 is 5.73. The van der Waals surface area contributed by atoms with E-state index < -0.39 is 0 Å². The lowest BCUT2D eigenvalue weighted by Crippen LogP contribution is -3.15. The second-order valence-electron chi connectivity index (χ2n) is 6.75. The maximum Gasteiger partial charge on any atom is 0.203 e. The Balaban J connectivity index is 1.90. The van der Waals surface area contributed by atoms with Gasteiger partial charge in [-0.15, -0.1) is 5.10 Å².